The molecule has 1 heterocycles. The molecule has 0 fully saturated rings. The van der Waals surface area contributed by atoms with E-state index in [0.29, 0.717) is 18.8 Å². The minimum atomic E-state index is -0.999. The molecule has 0 atom stereocenters. The fourth-order valence-corrected chi connectivity index (χ4v) is 3.29. The van der Waals surface area contributed by atoms with Crippen molar-refractivity contribution in [3.8, 4) is 0 Å². The molecule has 0 spiro atoms. The van der Waals surface area contributed by atoms with Gasteiger partial charge in [0.2, 0.25) is 5.91 Å². The lowest BCUT2D eigenvalue weighted by Crippen LogP contribution is -2.33. The van der Waals surface area contributed by atoms with E-state index >= 15 is 0 Å². The Balaban J connectivity index is 1.84. The van der Waals surface area contributed by atoms with Crippen molar-refractivity contribution >= 4 is 22.6 Å². The van der Waals surface area contributed by atoms with E-state index in [2.05, 4.69) is 0 Å². The maximum atomic E-state index is 13.5. The molecule has 0 aliphatic rings. The molecule has 142 valence electrons. The summed E-state index contributed by atoms with van der Waals surface area (Å²) in [6.45, 7) is 4.72. The summed E-state index contributed by atoms with van der Waals surface area (Å²) < 4.78 is 29.9. The molecule has 27 heavy (non-hydrogen) atoms. The Morgan fingerprint density at radius 2 is 1.67 bits per heavy atom. The maximum Gasteiger partial charge on any atom is 0.329 e. The van der Waals surface area contributed by atoms with Crippen LogP contribution in [0.3, 0.4) is 0 Å². The van der Waals surface area contributed by atoms with Gasteiger partial charge in [-0.3, -0.25) is 13.9 Å². The van der Waals surface area contributed by atoms with Crippen LogP contribution in [0.5, 0.6) is 0 Å². The number of rotatable bonds is 6. The first-order valence-corrected chi connectivity index (χ1v) is 8.91. The van der Waals surface area contributed by atoms with Crippen molar-refractivity contribution in [1.82, 2.24) is 9.13 Å². The molecule has 1 amide bonds. The van der Waals surface area contributed by atoms with E-state index in [1.807, 2.05) is 31.2 Å². The van der Waals surface area contributed by atoms with Crippen molar-refractivity contribution in [3.05, 3.63) is 64.6 Å². The average Bonchev–Trinajstić information content (AvgIpc) is 2.94. The van der Waals surface area contributed by atoms with Crippen LogP contribution < -0.4 is 10.6 Å². The third-order valence-electron chi connectivity index (χ3n) is 4.62. The highest BCUT2D eigenvalue weighted by Crippen LogP contribution is 2.19. The number of nitrogens with zero attached hydrogens (tertiary/aromatic N) is 3. The van der Waals surface area contributed by atoms with Gasteiger partial charge < -0.3 is 4.90 Å². The van der Waals surface area contributed by atoms with E-state index in [-0.39, 0.29) is 24.6 Å². The van der Waals surface area contributed by atoms with Gasteiger partial charge in [-0.05, 0) is 38.1 Å². The average molecular weight is 373 g/mol. The van der Waals surface area contributed by atoms with Gasteiger partial charge in [0.1, 0.15) is 0 Å². The summed E-state index contributed by atoms with van der Waals surface area (Å²) >= 11 is 0. The summed E-state index contributed by atoms with van der Waals surface area (Å²) in [5.74, 6) is -2.22. The number of aryl methyl sites for hydroxylation is 2. The van der Waals surface area contributed by atoms with Crippen LogP contribution in [-0.2, 0) is 17.9 Å². The highest BCUT2D eigenvalue weighted by atomic mass is 19.2. The number of imidazole rings is 1. The van der Waals surface area contributed by atoms with E-state index in [4.69, 9.17) is 0 Å². The summed E-state index contributed by atoms with van der Waals surface area (Å²) in [5, 5.41) is 0. The number of carbonyl (C=O) groups excluding carboxylic acids is 1. The third-order valence-corrected chi connectivity index (χ3v) is 4.62. The quantitative estimate of drug-likeness (QED) is 0.664. The summed E-state index contributed by atoms with van der Waals surface area (Å²) in [4.78, 5) is 26.7. The number of hydrogen-bond acceptors (Lipinski definition) is 2. The molecule has 0 aliphatic carbocycles. The van der Waals surface area contributed by atoms with Crippen LogP contribution in [0.25, 0.3) is 11.0 Å². The first-order chi connectivity index (χ1) is 13.0. The summed E-state index contributed by atoms with van der Waals surface area (Å²) in [6, 6.07) is 10.8. The predicted molar refractivity (Wildman–Crippen MR) is 101 cm³/mol. The summed E-state index contributed by atoms with van der Waals surface area (Å²) in [7, 11) is 0. The van der Waals surface area contributed by atoms with Crippen molar-refractivity contribution in [1.29, 1.82) is 0 Å². The first kappa shape index (κ1) is 18.8. The number of fused-ring (bicyclic) bond motifs is 1. The van der Waals surface area contributed by atoms with E-state index in [1.165, 1.54) is 11.0 Å². The zero-order valence-corrected chi connectivity index (χ0v) is 15.3. The van der Waals surface area contributed by atoms with Gasteiger partial charge in [0.15, 0.2) is 11.6 Å². The smallest absolute Gasteiger partial charge is 0.313 e. The van der Waals surface area contributed by atoms with E-state index < -0.39 is 11.6 Å². The van der Waals surface area contributed by atoms with Gasteiger partial charge >= 0.3 is 5.69 Å². The highest BCUT2D eigenvalue weighted by Gasteiger charge is 2.18. The second kappa shape index (κ2) is 7.73. The van der Waals surface area contributed by atoms with Crippen LogP contribution in [-0.4, -0.2) is 21.6 Å². The van der Waals surface area contributed by atoms with Crippen molar-refractivity contribution in [2.24, 2.45) is 0 Å². The number of carbonyl (C=O) groups is 1. The topological polar surface area (TPSA) is 47.2 Å². The van der Waals surface area contributed by atoms with Crippen LogP contribution >= 0.6 is 0 Å². The second-order valence-corrected chi connectivity index (χ2v) is 6.15. The minimum absolute atomic E-state index is 0.0739. The van der Waals surface area contributed by atoms with Gasteiger partial charge in [0, 0.05) is 37.8 Å². The van der Waals surface area contributed by atoms with Crippen LogP contribution in [0.4, 0.5) is 14.5 Å². The Kier molecular flexibility index (Phi) is 5.39. The number of hydrogen-bond donors (Lipinski definition) is 0. The fraction of sp³-hybridized carbons (Fsp3) is 0.300. The number of amides is 1. The van der Waals surface area contributed by atoms with Gasteiger partial charge in [0.25, 0.3) is 0 Å². The molecule has 1 aromatic heterocycles. The van der Waals surface area contributed by atoms with Crippen molar-refractivity contribution in [3.63, 3.8) is 0 Å². The SMILES string of the molecule is CCN(C(=O)CCn1c(=O)n(CC)c2ccccc21)c1ccc(F)c(F)c1. The molecule has 3 aromatic rings. The Morgan fingerprint density at radius 3 is 2.26 bits per heavy atom. The largest absolute Gasteiger partial charge is 0.329 e. The molecular weight excluding hydrogens is 352 g/mol. The van der Waals surface area contributed by atoms with Gasteiger partial charge in [-0.15, -0.1) is 0 Å². The molecule has 0 saturated carbocycles. The predicted octanol–water partition coefficient (Wildman–Crippen LogP) is 3.54. The van der Waals surface area contributed by atoms with Crippen LogP contribution in [0, 0.1) is 11.6 Å². The van der Waals surface area contributed by atoms with E-state index in [9.17, 15) is 18.4 Å². The van der Waals surface area contributed by atoms with Crippen LogP contribution in [0.15, 0.2) is 47.3 Å². The standard InChI is InChI=1S/C20H21F2N3O2/c1-3-23(14-9-10-15(21)16(22)13-14)19(26)11-12-25-18-8-6-5-7-17(18)24(4-2)20(25)27/h5-10,13H,3-4,11-12H2,1-2H3. The lowest BCUT2D eigenvalue weighted by Gasteiger charge is -2.21. The Hall–Kier alpha value is -2.96. The van der Waals surface area contributed by atoms with Gasteiger partial charge in [-0.1, -0.05) is 12.1 Å². The molecule has 0 saturated heterocycles. The highest BCUT2D eigenvalue weighted by molar-refractivity contribution is 5.93. The first-order valence-electron chi connectivity index (χ1n) is 8.91. The van der Waals surface area contributed by atoms with Crippen molar-refractivity contribution < 1.29 is 13.6 Å². The normalized spacial score (nSPS) is 11.1. The van der Waals surface area contributed by atoms with Crippen molar-refractivity contribution in [2.75, 3.05) is 11.4 Å². The molecule has 2 aromatic carbocycles. The zero-order chi connectivity index (χ0) is 19.6. The van der Waals surface area contributed by atoms with Gasteiger partial charge in [-0.25, -0.2) is 13.6 Å². The molecule has 0 aliphatic heterocycles. The molecule has 0 unspecified atom stereocenters. The van der Waals surface area contributed by atoms with E-state index in [0.717, 1.165) is 23.2 Å². The Bertz CT molecular complexity index is 1040. The minimum Gasteiger partial charge on any atom is -0.313 e. The molecule has 0 radical (unpaired) electrons. The Labute approximate surface area is 155 Å². The molecule has 0 N–H and O–H groups in total. The molecule has 7 heteroatoms. The fourth-order valence-electron chi connectivity index (χ4n) is 3.29. The lowest BCUT2D eigenvalue weighted by molar-refractivity contribution is -0.118. The Morgan fingerprint density at radius 1 is 1.00 bits per heavy atom. The number of halogens is 2. The van der Waals surface area contributed by atoms with Crippen LogP contribution in [0.2, 0.25) is 0 Å². The second-order valence-electron chi connectivity index (χ2n) is 6.15. The zero-order valence-electron chi connectivity index (χ0n) is 15.3. The van der Waals surface area contributed by atoms with Crippen LogP contribution in [0.1, 0.15) is 20.3 Å². The van der Waals surface area contributed by atoms with Gasteiger partial charge in [-0.2, -0.15) is 0 Å². The monoisotopic (exact) mass is 373 g/mol. The third kappa shape index (κ3) is 3.49. The summed E-state index contributed by atoms with van der Waals surface area (Å²) in [6.07, 6.45) is 0.0739. The molecular formula is C20H21F2N3O2. The molecule has 0 bridgehead atoms. The summed E-state index contributed by atoms with van der Waals surface area (Å²) in [5.41, 5.74) is 1.73. The molecule has 5 nitrogen and oxygen atoms in total. The maximum absolute atomic E-state index is 13.5. The number of benzene rings is 2. The molecule has 3 rings (SSSR count). The number of anilines is 1. The van der Waals surface area contributed by atoms with E-state index in [1.54, 1.807) is 16.1 Å². The number of para-hydroxylation sites is 2. The van der Waals surface area contributed by atoms with Crippen molar-refractivity contribution in [2.45, 2.75) is 33.4 Å². The van der Waals surface area contributed by atoms with Gasteiger partial charge in [0.05, 0.1) is 11.0 Å². The number of aromatic nitrogens is 2. The lowest BCUT2D eigenvalue weighted by atomic mass is 10.2.